The molecule has 1 aliphatic rings. The van der Waals surface area contributed by atoms with Gasteiger partial charge in [0.05, 0.1) is 25.7 Å². The van der Waals surface area contributed by atoms with Crippen molar-refractivity contribution in [3.8, 4) is 5.75 Å². The average molecular weight is 292 g/mol. The van der Waals surface area contributed by atoms with E-state index in [1.165, 1.54) is 7.11 Å². The number of rotatable bonds is 6. The van der Waals surface area contributed by atoms with Crippen LogP contribution in [0.5, 0.6) is 5.75 Å². The van der Waals surface area contributed by atoms with E-state index in [2.05, 4.69) is 4.74 Å². The molecule has 1 saturated heterocycles. The van der Waals surface area contributed by atoms with E-state index in [-0.39, 0.29) is 12.4 Å². The van der Waals surface area contributed by atoms with Gasteiger partial charge < -0.3 is 14.2 Å². The van der Waals surface area contributed by atoms with Gasteiger partial charge in [-0.2, -0.15) is 0 Å². The molecule has 0 radical (unpaired) electrons. The number of carbonyl (C=O) groups excluding carboxylic acids is 2. The van der Waals surface area contributed by atoms with Crippen LogP contribution in [0.15, 0.2) is 18.2 Å². The Bertz CT molecular complexity index is 491. The molecule has 114 valence electrons. The van der Waals surface area contributed by atoms with Gasteiger partial charge >= 0.3 is 5.97 Å². The first-order chi connectivity index (χ1) is 10.2. The topological polar surface area (TPSA) is 61.8 Å². The fourth-order valence-electron chi connectivity index (χ4n) is 2.29. The second kappa shape index (κ2) is 7.78. The quantitative estimate of drug-likeness (QED) is 0.593. The highest BCUT2D eigenvalue weighted by molar-refractivity contribution is 5.81. The summed E-state index contributed by atoms with van der Waals surface area (Å²) >= 11 is 0. The Morgan fingerprint density at radius 1 is 1.38 bits per heavy atom. The number of benzene rings is 1. The summed E-state index contributed by atoms with van der Waals surface area (Å²) in [6, 6.07) is 5.19. The van der Waals surface area contributed by atoms with Crippen molar-refractivity contribution in [3.05, 3.63) is 29.3 Å². The molecule has 1 heterocycles. The van der Waals surface area contributed by atoms with Crippen molar-refractivity contribution >= 4 is 12.3 Å². The third-order valence-electron chi connectivity index (χ3n) is 3.59. The number of hydrogen-bond acceptors (Lipinski definition) is 5. The molecule has 0 atom stereocenters. The van der Waals surface area contributed by atoms with Crippen LogP contribution in [0.25, 0.3) is 0 Å². The Balaban J connectivity index is 1.98. The predicted octanol–water partition coefficient (Wildman–Crippen LogP) is 2.02. The molecule has 21 heavy (non-hydrogen) atoms. The minimum Gasteiger partial charge on any atom is -0.493 e. The molecule has 1 aromatic rings. The lowest BCUT2D eigenvalue weighted by Crippen LogP contribution is -2.21. The summed E-state index contributed by atoms with van der Waals surface area (Å²) in [5.74, 6) is 0.695. The van der Waals surface area contributed by atoms with E-state index < -0.39 is 0 Å². The summed E-state index contributed by atoms with van der Waals surface area (Å²) in [5.41, 5.74) is 1.20. The average Bonchev–Trinajstić information content (AvgIpc) is 2.54. The SMILES string of the molecule is COC(=O)Cc1ccc(OCC2CCOCC2)c(C=O)c1. The molecule has 0 bridgehead atoms. The maximum Gasteiger partial charge on any atom is 0.309 e. The van der Waals surface area contributed by atoms with Crippen LogP contribution in [0, 0.1) is 5.92 Å². The first-order valence-electron chi connectivity index (χ1n) is 7.08. The molecule has 0 aromatic heterocycles. The fourth-order valence-corrected chi connectivity index (χ4v) is 2.29. The van der Waals surface area contributed by atoms with Crippen LogP contribution in [-0.4, -0.2) is 39.2 Å². The van der Waals surface area contributed by atoms with E-state index in [1.54, 1.807) is 18.2 Å². The van der Waals surface area contributed by atoms with E-state index in [4.69, 9.17) is 9.47 Å². The van der Waals surface area contributed by atoms with Crippen molar-refractivity contribution in [2.45, 2.75) is 19.3 Å². The summed E-state index contributed by atoms with van der Waals surface area (Å²) in [6.45, 7) is 2.12. The molecule has 1 aromatic carbocycles. The van der Waals surface area contributed by atoms with Gasteiger partial charge in [0.2, 0.25) is 0 Å². The van der Waals surface area contributed by atoms with Crippen molar-refractivity contribution < 1.29 is 23.8 Å². The van der Waals surface area contributed by atoms with Crippen LogP contribution < -0.4 is 4.74 Å². The molecule has 0 amide bonds. The molecule has 0 saturated carbocycles. The van der Waals surface area contributed by atoms with E-state index in [9.17, 15) is 9.59 Å². The van der Waals surface area contributed by atoms with Crippen LogP contribution >= 0.6 is 0 Å². The largest absolute Gasteiger partial charge is 0.493 e. The lowest BCUT2D eigenvalue weighted by Gasteiger charge is -2.22. The van der Waals surface area contributed by atoms with Gasteiger partial charge in [-0.25, -0.2) is 0 Å². The molecule has 0 unspecified atom stereocenters. The second-order valence-corrected chi connectivity index (χ2v) is 5.11. The summed E-state index contributed by atoms with van der Waals surface area (Å²) < 4.78 is 15.7. The first-order valence-corrected chi connectivity index (χ1v) is 7.08. The van der Waals surface area contributed by atoms with Gasteiger partial charge in [0.15, 0.2) is 6.29 Å². The Kier molecular flexibility index (Phi) is 5.75. The van der Waals surface area contributed by atoms with Gasteiger partial charge in [-0.05, 0) is 36.5 Å². The minimum atomic E-state index is -0.331. The second-order valence-electron chi connectivity index (χ2n) is 5.11. The van der Waals surface area contributed by atoms with Gasteiger partial charge in [0.1, 0.15) is 5.75 Å². The summed E-state index contributed by atoms with van der Waals surface area (Å²) in [5, 5.41) is 0. The number of esters is 1. The van der Waals surface area contributed by atoms with E-state index >= 15 is 0 Å². The minimum absolute atomic E-state index is 0.150. The fraction of sp³-hybridized carbons (Fsp3) is 0.500. The molecule has 5 nitrogen and oxygen atoms in total. The van der Waals surface area contributed by atoms with Crippen LogP contribution in [0.2, 0.25) is 0 Å². The lowest BCUT2D eigenvalue weighted by atomic mass is 10.0. The maximum absolute atomic E-state index is 11.2. The molecule has 1 aliphatic heterocycles. The van der Waals surface area contributed by atoms with E-state index in [1.807, 2.05) is 0 Å². The van der Waals surface area contributed by atoms with Crippen molar-refractivity contribution in [2.24, 2.45) is 5.92 Å². The molecule has 1 fully saturated rings. The Hall–Kier alpha value is -1.88. The summed E-state index contributed by atoms with van der Waals surface area (Å²) in [4.78, 5) is 22.4. The number of hydrogen-bond donors (Lipinski definition) is 0. The number of methoxy groups -OCH3 is 1. The summed E-state index contributed by atoms with van der Waals surface area (Å²) in [6.07, 6.45) is 2.87. The normalized spacial score (nSPS) is 15.5. The number of carbonyl (C=O) groups is 2. The van der Waals surface area contributed by atoms with Crippen LogP contribution in [0.4, 0.5) is 0 Å². The number of ether oxygens (including phenoxy) is 3. The lowest BCUT2D eigenvalue weighted by molar-refractivity contribution is -0.139. The standard InChI is InChI=1S/C16H20O5/c1-19-16(18)9-13-2-3-15(14(8-13)10-17)21-11-12-4-6-20-7-5-12/h2-3,8,10,12H,4-7,9,11H2,1H3. The molecule has 0 N–H and O–H groups in total. The van der Waals surface area contributed by atoms with Gasteiger partial charge in [0.25, 0.3) is 0 Å². The van der Waals surface area contributed by atoms with Crippen molar-refractivity contribution in [1.29, 1.82) is 0 Å². The highest BCUT2D eigenvalue weighted by Crippen LogP contribution is 2.22. The molecule has 2 rings (SSSR count). The zero-order valence-corrected chi connectivity index (χ0v) is 12.2. The molecular formula is C16H20O5. The zero-order chi connectivity index (χ0) is 15.1. The first kappa shape index (κ1) is 15.5. The predicted molar refractivity (Wildman–Crippen MR) is 76.6 cm³/mol. The van der Waals surface area contributed by atoms with Gasteiger partial charge in [-0.1, -0.05) is 6.07 Å². The van der Waals surface area contributed by atoms with Crippen molar-refractivity contribution in [1.82, 2.24) is 0 Å². The molecule has 5 heteroatoms. The Labute approximate surface area is 124 Å². The third kappa shape index (κ3) is 4.56. The highest BCUT2D eigenvalue weighted by Gasteiger charge is 2.15. The van der Waals surface area contributed by atoms with Crippen molar-refractivity contribution in [2.75, 3.05) is 26.9 Å². The maximum atomic E-state index is 11.2. The Morgan fingerprint density at radius 2 is 2.14 bits per heavy atom. The summed E-state index contributed by atoms with van der Waals surface area (Å²) in [7, 11) is 1.34. The third-order valence-corrected chi connectivity index (χ3v) is 3.59. The Morgan fingerprint density at radius 3 is 2.81 bits per heavy atom. The van der Waals surface area contributed by atoms with Crippen LogP contribution in [-0.2, 0) is 20.7 Å². The highest BCUT2D eigenvalue weighted by atomic mass is 16.5. The van der Waals surface area contributed by atoms with Gasteiger partial charge in [-0.3, -0.25) is 9.59 Å². The smallest absolute Gasteiger partial charge is 0.309 e. The number of aldehydes is 1. The van der Waals surface area contributed by atoms with Crippen LogP contribution in [0.1, 0.15) is 28.8 Å². The van der Waals surface area contributed by atoms with E-state index in [0.717, 1.165) is 37.9 Å². The zero-order valence-electron chi connectivity index (χ0n) is 12.2. The molecule has 0 spiro atoms. The monoisotopic (exact) mass is 292 g/mol. The van der Waals surface area contributed by atoms with Gasteiger partial charge in [-0.15, -0.1) is 0 Å². The van der Waals surface area contributed by atoms with Crippen molar-refractivity contribution in [3.63, 3.8) is 0 Å². The van der Waals surface area contributed by atoms with Crippen LogP contribution in [0.3, 0.4) is 0 Å². The molecular weight excluding hydrogens is 272 g/mol. The van der Waals surface area contributed by atoms with E-state index in [0.29, 0.717) is 23.8 Å². The van der Waals surface area contributed by atoms with Gasteiger partial charge in [0, 0.05) is 13.2 Å². The molecule has 0 aliphatic carbocycles.